The molecule has 24 heavy (non-hydrogen) atoms. The number of thioether (sulfide) groups is 1. The lowest BCUT2D eigenvalue weighted by Crippen LogP contribution is -2.18. The predicted octanol–water partition coefficient (Wildman–Crippen LogP) is 2.51. The van der Waals surface area contributed by atoms with Crippen molar-refractivity contribution < 1.29 is 9.72 Å². The summed E-state index contributed by atoms with van der Waals surface area (Å²) in [5.74, 6) is 1.04. The quantitative estimate of drug-likeness (QED) is 0.837. The fraction of sp³-hybridized carbons (Fsp3) is 0.176. The van der Waals surface area contributed by atoms with Gasteiger partial charge in [-0.25, -0.2) is 4.98 Å². The SMILES string of the molecule is CCOc1ccc(-c2c(C#N)c(N)[nH+]c(SCC#N)c2C#N)cc1. The molecule has 1 heterocycles. The summed E-state index contributed by atoms with van der Waals surface area (Å²) in [5.41, 5.74) is 7.58. The van der Waals surface area contributed by atoms with E-state index >= 15 is 0 Å². The number of hydrogen-bond donors (Lipinski definition) is 1. The maximum absolute atomic E-state index is 9.57. The Morgan fingerprint density at radius 1 is 1.12 bits per heavy atom. The largest absolute Gasteiger partial charge is 0.494 e. The molecule has 2 rings (SSSR count). The van der Waals surface area contributed by atoms with Gasteiger partial charge in [-0.15, -0.1) is 0 Å². The second kappa shape index (κ2) is 7.87. The number of nitrogens with one attached hydrogen (secondary N) is 1. The number of nitrogens with zero attached hydrogens (tertiary/aromatic N) is 3. The van der Waals surface area contributed by atoms with E-state index in [0.717, 1.165) is 0 Å². The maximum Gasteiger partial charge on any atom is 0.289 e. The minimum Gasteiger partial charge on any atom is -0.494 e. The lowest BCUT2D eigenvalue weighted by Gasteiger charge is -2.10. The summed E-state index contributed by atoms with van der Waals surface area (Å²) in [6, 6.07) is 13.3. The van der Waals surface area contributed by atoms with E-state index in [0.29, 0.717) is 34.1 Å². The molecule has 0 bridgehead atoms. The number of anilines is 1. The fourth-order valence-corrected chi connectivity index (χ4v) is 2.91. The Balaban J connectivity index is 2.66. The van der Waals surface area contributed by atoms with Crippen molar-refractivity contribution in [1.82, 2.24) is 0 Å². The molecule has 2 aromatic rings. The molecular formula is C17H14N5OS+. The van der Waals surface area contributed by atoms with Crippen molar-refractivity contribution in [3.8, 4) is 35.1 Å². The van der Waals surface area contributed by atoms with Crippen LogP contribution in [0.25, 0.3) is 11.1 Å². The van der Waals surface area contributed by atoms with Crippen LogP contribution in [0.5, 0.6) is 5.75 Å². The normalized spacial score (nSPS) is 9.58. The van der Waals surface area contributed by atoms with Crippen LogP contribution < -0.4 is 15.5 Å². The first-order chi connectivity index (χ1) is 11.7. The van der Waals surface area contributed by atoms with E-state index in [2.05, 4.69) is 11.1 Å². The van der Waals surface area contributed by atoms with Gasteiger partial charge in [-0.1, -0.05) is 23.9 Å². The van der Waals surface area contributed by atoms with Crippen molar-refractivity contribution in [3.05, 3.63) is 35.4 Å². The predicted molar refractivity (Wildman–Crippen MR) is 89.8 cm³/mol. The number of hydrogen-bond acceptors (Lipinski definition) is 6. The first-order valence-electron chi connectivity index (χ1n) is 7.08. The molecule has 0 unspecified atom stereocenters. The molecular weight excluding hydrogens is 322 g/mol. The Morgan fingerprint density at radius 3 is 2.33 bits per heavy atom. The van der Waals surface area contributed by atoms with Crippen LogP contribution in [0.15, 0.2) is 29.3 Å². The standard InChI is InChI=1S/C17H13N5OS/c1-2-23-12-5-3-11(4-6-12)15-13(9-19)16(21)22-17(14(15)10-20)24-8-7-18/h3-6H,2,8H2,1H3,(H2,21,22)/p+1. The Bertz CT molecular complexity index is 872. The summed E-state index contributed by atoms with van der Waals surface area (Å²) in [7, 11) is 0. The molecule has 6 nitrogen and oxygen atoms in total. The van der Waals surface area contributed by atoms with Crippen molar-refractivity contribution in [2.75, 3.05) is 18.1 Å². The highest BCUT2D eigenvalue weighted by Crippen LogP contribution is 2.34. The Morgan fingerprint density at radius 2 is 1.79 bits per heavy atom. The Kier molecular flexibility index (Phi) is 5.63. The monoisotopic (exact) mass is 336 g/mol. The molecule has 1 aromatic heterocycles. The summed E-state index contributed by atoms with van der Waals surface area (Å²) in [5, 5.41) is 28.2. The first kappa shape index (κ1) is 17.1. The van der Waals surface area contributed by atoms with Crippen LogP contribution in [0.3, 0.4) is 0 Å². The van der Waals surface area contributed by atoms with E-state index in [9.17, 15) is 10.5 Å². The third-order valence-electron chi connectivity index (χ3n) is 3.20. The summed E-state index contributed by atoms with van der Waals surface area (Å²) in [4.78, 5) is 2.84. The number of nitriles is 3. The molecule has 0 atom stereocenters. The highest BCUT2D eigenvalue weighted by Gasteiger charge is 2.23. The van der Waals surface area contributed by atoms with Crippen LogP contribution in [0.1, 0.15) is 18.1 Å². The zero-order chi connectivity index (χ0) is 17.5. The third-order valence-corrected chi connectivity index (χ3v) is 4.07. The number of benzene rings is 1. The van der Waals surface area contributed by atoms with Crippen LogP contribution in [0.4, 0.5) is 5.82 Å². The molecule has 0 amide bonds. The van der Waals surface area contributed by atoms with Gasteiger partial charge in [0.15, 0.2) is 5.03 Å². The highest BCUT2D eigenvalue weighted by molar-refractivity contribution is 7.99. The summed E-state index contributed by atoms with van der Waals surface area (Å²) in [6.07, 6.45) is 0. The zero-order valence-corrected chi connectivity index (χ0v) is 13.8. The van der Waals surface area contributed by atoms with Crippen LogP contribution in [-0.2, 0) is 0 Å². The van der Waals surface area contributed by atoms with Gasteiger partial charge in [0.25, 0.3) is 5.82 Å². The van der Waals surface area contributed by atoms with Crippen molar-refractivity contribution in [2.45, 2.75) is 11.9 Å². The van der Waals surface area contributed by atoms with Crippen molar-refractivity contribution in [2.24, 2.45) is 0 Å². The number of rotatable bonds is 5. The number of nitrogens with two attached hydrogens (primary N) is 1. The molecule has 0 saturated heterocycles. The fourth-order valence-electron chi connectivity index (χ4n) is 2.23. The van der Waals surface area contributed by atoms with E-state index in [1.165, 1.54) is 11.8 Å². The van der Waals surface area contributed by atoms with E-state index < -0.39 is 0 Å². The molecule has 0 aliphatic carbocycles. The van der Waals surface area contributed by atoms with Gasteiger partial charge < -0.3 is 4.74 Å². The van der Waals surface area contributed by atoms with E-state index in [1.54, 1.807) is 24.3 Å². The number of aromatic nitrogens is 1. The van der Waals surface area contributed by atoms with Crippen LogP contribution >= 0.6 is 11.8 Å². The molecule has 118 valence electrons. The van der Waals surface area contributed by atoms with E-state index in [4.69, 9.17) is 15.7 Å². The average Bonchev–Trinajstić information content (AvgIpc) is 2.60. The lowest BCUT2D eigenvalue weighted by atomic mass is 9.97. The van der Waals surface area contributed by atoms with Gasteiger partial charge in [0.2, 0.25) is 0 Å². The molecule has 0 radical (unpaired) electrons. The topological polar surface area (TPSA) is 121 Å². The number of nitrogen functional groups attached to an aromatic ring is 1. The minimum absolute atomic E-state index is 0.166. The van der Waals surface area contributed by atoms with Crippen LogP contribution in [-0.4, -0.2) is 12.4 Å². The van der Waals surface area contributed by atoms with Crippen molar-refractivity contribution in [1.29, 1.82) is 15.8 Å². The van der Waals surface area contributed by atoms with Gasteiger partial charge in [-0.2, -0.15) is 15.8 Å². The number of pyridine rings is 1. The second-order valence-electron chi connectivity index (χ2n) is 4.62. The summed E-state index contributed by atoms with van der Waals surface area (Å²) >= 11 is 1.17. The van der Waals surface area contributed by atoms with E-state index in [1.807, 2.05) is 19.1 Å². The van der Waals surface area contributed by atoms with Gasteiger partial charge in [0, 0.05) is 5.56 Å². The molecule has 0 aliphatic rings. The molecule has 7 heteroatoms. The third kappa shape index (κ3) is 3.41. The van der Waals surface area contributed by atoms with Gasteiger partial charge in [-0.3, -0.25) is 5.73 Å². The van der Waals surface area contributed by atoms with Crippen molar-refractivity contribution >= 4 is 17.6 Å². The molecule has 0 fully saturated rings. The van der Waals surface area contributed by atoms with Crippen LogP contribution in [0, 0.1) is 34.0 Å². The number of aromatic amines is 1. The smallest absolute Gasteiger partial charge is 0.289 e. The van der Waals surface area contributed by atoms with Gasteiger partial charge in [-0.05, 0) is 24.6 Å². The maximum atomic E-state index is 9.57. The molecule has 0 spiro atoms. The average molecular weight is 336 g/mol. The Labute approximate surface area is 144 Å². The van der Waals surface area contributed by atoms with E-state index in [-0.39, 0.29) is 17.1 Å². The summed E-state index contributed by atoms with van der Waals surface area (Å²) < 4.78 is 5.41. The minimum atomic E-state index is 0.166. The summed E-state index contributed by atoms with van der Waals surface area (Å²) in [6.45, 7) is 2.44. The lowest BCUT2D eigenvalue weighted by molar-refractivity contribution is -0.410. The zero-order valence-electron chi connectivity index (χ0n) is 13.0. The van der Waals surface area contributed by atoms with Gasteiger partial charge in [0.05, 0.1) is 18.4 Å². The van der Waals surface area contributed by atoms with Crippen molar-refractivity contribution in [3.63, 3.8) is 0 Å². The molecule has 0 saturated carbocycles. The first-order valence-corrected chi connectivity index (χ1v) is 8.06. The van der Waals surface area contributed by atoms with Gasteiger partial charge >= 0.3 is 0 Å². The molecule has 0 aliphatic heterocycles. The molecule has 3 N–H and O–H groups in total. The van der Waals surface area contributed by atoms with Gasteiger partial charge in [0.1, 0.15) is 29.0 Å². The highest BCUT2D eigenvalue weighted by atomic mass is 32.2. The second-order valence-corrected chi connectivity index (χ2v) is 5.61. The van der Waals surface area contributed by atoms with Crippen LogP contribution in [0.2, 0.25) is 0 Å². The number of ether oxygens (including phenoxy) is 1. The number of H-pyrrole nitrogens is 1. The molecule has 1 aromatic carbocycles. The Hall–Kier alpha value is -3.21.